The van der Waals surface area contributed by atoms with Crippen LogP contribution in [0.15, 0.2) is 0 Å². The Bertz CT molecular complexity index is 163. The van der Waals surface area contributed by atoms with Gasteiger partial charge in [0.05, 0.1) is 6.10 Å². The van der Waals surface area contributed by atoms with Gasteiger partial charge in [0.25, 0.3) is 0 Å². The molecular weight excluding hydrogens is 162 g/mol. The van der Waals surface area contributed by atoms with E-state index in [9.17, 15) is 5.11 Å². The van der Waals surface area contributed by atoms with Crippen molar-refractivity contribution in [2.24, 2.45) is 11.8 Å². The fraction of sp³-hybridized carbons (Fsp3) is 1.00. The average molecular weight is 183 g/mol. The van der Waals surface area contributed by atoms with Gasteiger partial charge in [0.1, 0.15) is 0 Å². The minimum atomic E-state index is -0.0818. The van der Waals surface area contributed by atoms with Gasteiger partial charge in [-0.3, -0.25) is 0 Å². The van der Waals surface area contributed by atoms with Crippen LogP contribution in [0.5, 0.6) is 0 Å². The van der Waals surface area contributed by atoms with Crippen molar-refractivity contribution in [1.29, 1.82) is 0 Å². The molecule has 2 aliphatic carbocycles. The second-order valence-electron chi connectivity index (χ2n) is 4.89. The number of hydrogen-bond donors (Lipinski definition) is 2. The van der Waals surface area contributed by atoms with Crippen LogP contribution in [0.2, 0.25) is 0 Å². The molecule has 0 bridgehead atoms. The van der Waals surface area contributed by atoms with Crippen molar-refractivity contribution >= 4 is 0 Å². The summed E-state index contributed by atoms with van der Waals surface area (Å²) in [6.07, 6.45) is 6.55. The van der Waals surface area contributed by atoms with Gasteiger partial charge >= 0.3 is 0 Å². The van der Waals surface area contributed by atoms with E-state index in [0.29, 0.717) is 12.0 Å². The van der Waals surface area contributed by atoms with Gasteiger partial charge in [-0.15, -0.1) is 0 Å². The predicted molar refractivity (Wildman–Crippen MR) is 53.5 cm³/mol. The van der Waals surface area contributed by atoms with Crippen molar-refractivity contribution in [2.75, 3.05) is 6.54 Å². The van der Waals surface area contributed by atoms with Gasteiger partial charge in [0.15, 0.2) is 0 Å². The lowest BCUT2D eigenvalue weighted by atomic mass is 10.1. The fourth-order valence-corrected chi connectivity index (χ4v) is 1.91. The van der Waals surface area contributed by atoms with Crippen molar-refractivity contribution in [2.45, 2.75) is 51.2 Å². The van der Waals surface area contributed by atoms with Crippen molar-refractivity contribution in [3.05, 3.63) is 0 Å². The summed E-state index contributed by atoms with van der Waals surface area (Å²) in [7, 11) is 0. The molecule has 2 saturated carbocycles. The minimum absolute atomic E-state index is 0.0818. The number of aliphatic hydroxyl groups is 1. The van der Waals surface area contributed by atoms with E-state index in [4.69, 9.17) is 0 Å². The van der Waals surface area contributed by atoms with Crippen LogP contribution in [0.25, 0.3) is 0 Å². The van der Waals surface area contributed by atoms with Gasteiger partial charge in [-0.2, -0.15) is 0 Å². The van der Waals surface area contributed by atoms with E-state index in [2.05, 4.69) is 12.2 Å². The molecular formula is C11H21NO. The number of rotatable bonds is 6. The highest BCUT2D eigenvalue weighted by molar-refractivity contribution is 4.84. The summed E-state index contributed by atoms with van der Waals surface area (Å²) < 4.78 is 0. The normalized spacial score (nSPS) is 27.2. The Morgan fingerprint density at radius 3 is 2.54 bits per heavy atom. The molecule has 13 heavy (non-hydrogen) atoms. The fourth-order valence-electron chi connectivity index (χ4n) is 1.91. The summed E-state index contributed by atoms with van der Waals surface area (Å²) in [4.78, 5) is 0. The second kappa shape index (κ2) is 3.97. The van der Waals surface area contributed by atoms with Crippen LogP contribution < -0.4 is 5.32 Å². The van der Waals surface area contributed by atoms with Gasteiger partial charge in [-0.1, -0.05) is 12.8 Å². The third-order valence-corrected chi connectivity index (χ3v) is 3.23. The monoisotopic (exact) mass is 183 g/mol. The molecule has 0 saturated heterocycles. The largest absolute Gasteiger partial charge is 0.392 e. The summed E-state index contributed by atoms with van der Waals surface area (Å²) in [6.45, 7) is 3.04. The first kappa shape index (κ1) is 9.47. The Morgan fingerprint density at radius 2 is 2.00 bits per heavy atom. The topological polar surface area (TPSA) is 32.3 Å². The standard InChI is InChI=1S/C11H21NO/c1-8(6-9-2-3-9)12-7-11(13)10-4-5-10/h8-13H,2-7H2,1H3. The molecule has 2 nitrogen and oxygen atoms in total. The summed E-state index contributed by atoms with van der Waals surface area (Å²) in [5.41, 5.74) is 0. The Morgan fingerprint density at radius 1 is 1.31 bits per heavy atom. The molecule has 76 valence electrons. The van der Waals surface area contributed by atoms with E-state index in [0.717, 1.165) is 12.5 Å². The highest BCUT2D eigenvalue weighted by Gasteiger charge is 2.30. The van der Waals surface area contributed by atoms with Gasteiger partial charge in [0, 0.05) is 12.6 Å². The smallest absolute Gasteiger partial charge is 0.0692 e. The van der Waals surface area contributed by atoms with Crippen molar-refractivity contribution in [1.82, 2.24) is 5.32 Å². The predicted octanol–water partition coefficient (Wildman–Crippen LogP) is 1.54. The lowest BCUT2D eigenvalue weighted by Gasteiger charge is -2.16. The van der Waals surface area contributed by atoms with Crippen LogP contribution in [0.1, 0.15) is 39.0 Å². The minimum Gasteiger partial charge on any atom is -0.392 e. The average Bonchev–Trinajstić information content (AvgIpc) is 2.90. The summed E-state index contributed by atoms with van der Waals surface area (Å²) in [5, 5.41) is 13.1. The Balaban J connectivity index is 1.54. The third kappa shape index (κ3) is 3.28. The zero-order valence-corrected chi connectivity index (χ0v) is 8.50. The molecule has 0 heterocycles. The lowest BCUT2D eigenvalue weighted by molar-refractivity contribution is 0.144. The zero-order chi connectivity index (χ0) is 9.26. The van der Waals surface area contributed by atoms with E-state index in [-0.39, 0.29) is 6.10 Å². The maximum atomic E-state index is 9.63. The first-order chi connectivity index (χ1) is 6.25. The van der Waals surface area contributed by atoms with Crippen LogP contribution in [-0.2, 0) is 0 Å². The molecule has 0 aromatic rings. The Labute approximate surface area is 80.7 Å². The first-order valence-corrected chi connectivity index (χ1v) is 5.67. The molecule has 0 amide bonds. The molecule has 2 N–H and O–H groups in total. The summed E-state index contributed by atoms with van der Waals surface area (Å²) in [5.74, 6) is 1.60. The van der Waals surface area contributed by atoms with Gasteiger partial charge in [-0.05, 0) is 38.0 Å². The molecule has 0 aromatic carbocycles. The first-order valence-electron chi connectivity index (χ1n) is 5.67. The number of aliphatic hydroxyl groups excluding tert-OH is 1. The molecule has 0 aliphatic heterocycles. The molecule has 2 rings (SSSR count). The zero-order valence-electron chi connectivity index (χ0n) is 8.50. The van der Waals surface area contributed by atoms with Gasteiger partial charge in [0.2, 0.25) is 0 Å². The Kier molecular flexibility index (Phi) is 2.89. The van der Waals surface area contributed by atoms with E-state index in [1.54, 1.807) is 0 Å². The number of nitrogens with one attached hydrogen (secondary N) is 1. The number of hydrogen-bond acceptors (Lipinski definition) is 2. The molecule has 0 spiro atoms. The molecule has 0 radical (unpaired) electrons. The highest BCUT2D eigenvalue weighted by Crippen LogP contribution is 2.34. The maximum absolute atomic E-state index is 9.63. The van der Waals surface area contributed by atoms with Crippen molar-refractivity contribution in [3.63, 3.8) is 0 Å². The molecule has 2 aliphatic rings. The quantitative estimate of drug-likeness (QED) is 0.654. The van der Waals surface area contributed by atoms with Crippen LogP contribution in [-0.4, -0.2) is 23.8 Å². The van der Waals surface area contributed by atoms with Crippen LogP contribution in [0.4, 0.5) is 0 Å². The molecule has 2 fully saturated rings. The lowest BCUT2D eigenvalue weighted by Crippen LogP contribution is -2.34. The summed E-state index contributed by atoms with van der Waals surface area (Å²) in [6, 6.07) is 0.598. The van der Waals surface area contributed by atoms with E-state index in [1.807, 2.05) is 0 Å². The van der Waals surface area contributed by atoms with E-state index < -0.39 is 0 Å². The van der Waals surface area contributed by atoms with Crippen LogP contribution in [0, 0.1) is 11.8 Å². The third-order valence-electron chi connectivity index (χ3n) is 3.23. The van der Waals surface area contributed by atoms with Crippen LogP contribution >= 0.6 is 0 Å². The maximum Gasteiger partial charge on any atom is 0.0692 e. The van der Waals surface area contributed by atoms with Crippen molar-refractivity contribution in [3.8, 4) is 0 Å². The second-order valence-corrected chi connectivity index (χ2v) is 4.89. The van der Waals surface area contributed by atoms with Gasteiger partial charge in [-0.25, -0.2) is 0 Å². The highest BCUT2D eigenvalue weighted by atomic mass is 16.3. The molecule has 2 unspecified atom stereocenters. The Hall–Kier alpha value is -0.0800. The summed E-state index contributed by atoms with van der Waals surface area (Å²) >= 11 is 0. The molecule has 0 aromatic heterocycles. The van der Waals surface area contributed by atoms with E-state index >= 15 is 0 Å². The molecule has 2 heteroatoms. The SMILES string of the molecule is CC(CC1CC1)NCC(O)C1CC1. The van der Waals surface area contributed by atoms with Crippen molar-refractivity contribution < 1.29 is 5.11 Å². The van der Waals surface area contributed by atoms with E-state index in [1.165, 1.54) is 32.1 Å². The molecule has 2 atom stereocenters. The van der Waals surface area contributed by atoms with Crippen LogP contribution in [0.3, 0.4) is 0 Å². The van der Waals surface area contributed by atoms with Gasteiger partial charge < -0.3 is 10.4 Å².